The lowest BCUT2D eigenvalue weighted by Crippen LogP contribution is -2.13. The van der Waals surface area contributed by atoms with Crippen molar-refractivity contribution < 1.29 is 22.1 Å². The zero-order valence-electron chi connectivity index (χ0n) is 13.1. The van der Waals surface area contributed by atoms with Crippen molar-refractivity contribution in [3.63, 3.8) is 0 Å². The molecular formula is C17H11F2N2O4S. The standard InChI is InChI=1S/C17H11F2N2O4S/c1-11-7-17(15-6-5-12(18)8-16(15)19)20(10-11)26(24,25)14-4-2-3-13(9-14)21(22)23/h2-10H,1H2. The number of rotatable bonds is 4. The van der Waals surface area contributed by atoms with Crippen LogP contribution in [-0.2, 0) is 10.0 Å². The van der Waals surface area contributed by atoms with E-state index < -0.39 is 32.3 Å². The van der Waals surface area contributed by atoms with E-state index in [2.05, 4.69) is 6.92 Å². The highest BCUT2D eigenvalue weighted by Gasteiger charge is 2.24. The second kappa shape index (κ2) is 6.34. The van der Waals surface area contributed by atoms with Gasteiger partial charge in [0.15, 0.2) is 0 Å². The van der Waals surface area contributed by atoms with Gasteiger partial charge in [0.05, 0.1) is 15.5 Å². The molecule has 3 aromatic rings. The van der Waals surface area contributed by atoms with E-state index in [-0.39, 0.29) is 21.7 Å². The molecule has 0 amide bonds. The van der Waals surface area contributed by atoms with Crippen molar-refractivity contribution in [3.05, 3.63) is 89.0 Å². The molecule has 9 heteroatoms. The van der Waals surface area contributed by atoms with Crippen molar-refractivity contribution in [2.24, 2.45) is 0 Å². The normalized spacial score (nSPS) is 11.5. The summed E-state index contributed by atoms with van der Waals surface area (Å²) < 4.78 is 53.9. The first-order chi connectivity index (χ1) is 12.2. The Morgan fingerprint density at radius 2 is 1.81 bits per heavy atom. The minimum atomic E-state index is -4.27. The summed E-state index contributed by atoms with van der Waals surface area (Å²) in [6.07, 6.45) is 1.16. The van der Waals surface area contributed by atoms with Gasteiger partial charge in [-0.15, -0.1) is 0 Å². The van der Waals surface area contributed by atoms with Crippen LogP contribution in [-0.4, -0.2) is 17.3 Å². The van der Waals surface area contributed by atoms with E-state index >= 15 is 0 Å². The Hall–Kier alpha value is -3.07. The van der Waals surface area contributed by atoms with Crippen LogP contribution in [0.25, 0.3) is 11.3 Å². The summed E-state index contributed by atoms with van der Waals surface area (Å²) in [4.78, 5) is 9.83. The third-order valence-corrected chi connectivity index (χ3v) is 5.30. The van der Waals surface area contributed by atoms with Gasteiger partial charge in [-0.2, -0.15) is 0 Å². The molecule has 3 rings (SSSR count). The van der Waals surface area contributed by atoms with Gasteiger partial charge >= 0.3 is 0 Å². The van der Waals surface area contributed by atoms with Crippen molar-refractivity contribution in [1.82, 2.24) is 3.97 Å². The van der Waals surface area contributed by atoms with E-state index in [9.17, 15) is 27.3 Å². The first kappa shape index (κ1) is 17.7. The van der Waals surface area contributed by atoms with E-state index in [1.54, 1.807) is 0 Å². The Morgan fingerprint density at radius 1 is 1.08 bits per heavy atom. The highest BCUT2D eigenvalue weighted by molar-refractivity contribution is 7.90. The summed E-state index contributed by atoms with van der Waals surface area (Å²) in [7, 11) is -4.27. The Bertz CT molecular complexity index is 1120. The zero-order chi connectivity index (χ0) is 19.1. The Kier molecular flexibility index (Phi) is 4.33. The van der Waals surface area contributed by atoms with E-state index in [0.717, 1.165) is 34.4 Å². The largest absolute Gasteiger partial charge is 0.270 e. The van der Waals surface area contributed by atoms with Crippen LogP contribution in [0.4, 0.5) is 14.5 Å². The SMILES string of the molecule is [CH2]c1cc(-c2ccc(F)cc2F)n(S(=O)(=O)c2cccc([N+](=O)[O-])c2)c1. The quantitative estimate of drug-likeness (QED) is 0.512. The number of nitro groups is 1. The molecule has 1 aromatic heterocycles. The molecule has 0 aliphatic heterocycles. The summed E-state index contributed by atoms with van der Waals surface area (Å²) in [6.45, 7) is 3.64. The summed E-state index contributed by atoms with van der Waals surface area (Å²) >= 11 is 0. The maximum atomic E-state index is 14.1. The number of non-ortho nitro benzene ring substituents is 1. The summed E-state index contributed by atoms with van der Waals surface area (Å²) in [5, 5.41) is 10.9. The lowest BCUT2D eigenvalue weighted by Gasteiger charge is -2.11. The monoisotopic (exact) mass is 377 g/mol. The minimum absolute atomic E-state index is 0.0704. The molecule has 2 aromatic carbocycles. The molecule has 0 N–H and O–H groups in total. The summed E-state index contributed by atoms with van der Waals surface area (Å²) in [5.74, 6) is -1.75. The van der Waals surface area contributed by atoms with Crippen molar-refractivity contribution in [3.8, 4) is 11.3 Å². The van der Waals surface area contributed by atoms with Crippen molar-refractivity contribution >= 4 is 15.7 Å². The second-order valence-electron chi connectivity index (χ2n) is 5.41. The molecule has 1 radical (unpaired) electrons. The van der Waals surface area contributed by atoms with Crippen LogP contribution in [0, 0.1) is 28.7 Å². The Morgan fingerprint density at radius 3 is 2.46 bits per heavy atom. The van der Waals surface area contributed by atoms with Gasteiger partial charge in [0.2, 0.25) is 0 Å². The highest BCUT2D eigenvalue weighted by atomic mass is 32.2. The van der Waals surface area contributed by atoms with Gasteiger partial charge in [-0.05, 0) is 36.8 Å². The van der Waals surface area contributed by atoms with Crippen molar-refractivity contribution in [1.29, 1.82) is 0 Å². The maximum Gasteiger partial charge on any atom is 0.270 e. The van der Waals surface area contributed by atoms with Crippen LogP contribution in [0.2, 0.25) is 0 Å². The van der Waals surface area contributed by atoms with Gasteiger partial charge in [-0.3, -0.25) is 10.1 Å². The Labute approximate surface area is 147 Å². The van der Waals surface area contributed by atoms with Gasteiger partial charge < -0.3 is 0 Å². The molecule has 6 nitrogen and oxygen atoms in total. The number of halogens is 2. The molecule has 0 saturated carbocycles. The van der Waals surface area contributed by atoms with Gasteiger partial charge in [0.25, 0.3) is 15.7 Å². The molecular weight excluding hydrogens is 366 g/mol. The smallest absolute Gasteiger partial charge is 0.258 e. The van der Waals surface area contributed by atoms with E-state index in [4.69, 9.17) is 0 Å². The molecule has 0 bridgehead atoms. The van der Waals surface area contributed by atoms with Crippen LogP contribution in [0.5, 0.6) is 0 Å². The number of hydrogen-bond donors (Lipinski definition) is 0. The number of nitrogens with zero attached hydrogens (tertiary/aromatic N) is 2. The first-order valence-electron chi connectivity index (χ1n) is 7.20. The molecule has 0 unspecified atom stereocenters. The van der Waals surface area contributed by atoms with Gasteiger partial charge in [0, 0.05) is 30.0 Å². The van der Waals surface area contributed by atoms with E-state index in [0.29, 0.717) is 6.07 Å². The third kappa shape index (κ3) is 3.08. The topological polar surface area (TPSA) is 82.2 Å². The summed E-state index contributed by atoms with van der Waals surface area (Å²) in [6, 6.07) is 8.55. The lowest BCUT2D eigenvalue weighted by atomic mass is 10.1. The van der Waals surface area contributed by atoms with Crippen molar-refractivity contribution in [2.75, 3.05) is 0 Å². The number of nitro benzene ring substituents is 1. The predicted octanol–water partition coefficient (Wildman–Crippen LogP) is 3.76. The molecule has 133 valence electrons. The molecule has 0 spiro atoms. The van der Waals surface area contributed by atoms with Crippen LogP contribution in [0.3, 0.4) is 0 Å². The van der Waals surface area contributed by atoms with Crippen LogP contribution < -0.4 is 0 Å². The van der Waals surface area contributed by atoms with E-state index in [1.165, 1.54) is 18.2 Å². The molecule has 0 atom stereocenters. The number of benzene rings is 2. The molecule has 0 aliphatic rings. The fourth-order valence-electron chi connectivity index (χ4n) is 2.46. The number of aromatic nitrogens is 1. The molecule has 0 aliphatic carbocycles. The molecule has 1 heterocycles. The van der Waals surface area contributed by atoms with Gasteiger partial charge in [-0.25, -0.2) is 21.2 Å². The highest BCUT2D eigenvalue weighted by Crippen LogP contribution is 2.30. The summed E-state index contributed by atoms with van der Waals surface area (Å²) in [5.41, 5.74) is -0.338. The fraction of sp³-hybridized carbons (Fsp3) is 0. The van der Waals surface area contributed by atoms with Gasteiger partial charge in [0.1, 0.15) is 11.6 Å². The first-order valence-corrected chi connectivity index (χ1v) is 8.64. The zero-order valence-corrected chi connectivity index (χ0v) is 13.9. The Balaban J connectivity index is 2.21. The minimum Gasteiger partial charge on any atom is -0.258 e. The average Bonchev–Trinajstić information content (AvgIpc) is 2.97. The molecule has 0 fully saturated rings. The predicted molar refractivity (Wildman–Crippen MR) is 89.9 cm³/mol. The third-order valence-electron chi connectivity index (χ3n) is 3.63. The van der Waals surface area contributed by atoms with Crippen LogP contribution in [0.15, 0.2) is 59.6 Å². The maximum absolute atomic E-state index is 14.1. The molecule has 26 heavy (non-hydrogen) atoms. The second-order valence-corrected chi connectivity index (χ2v) is 7.23. The van der Waals surface area contributed by atoms with Gasteiger partial charge in [-0.1, -0.05) is 6.07 Å². The van der Waals surface area contributed by atoms with Crippen molar-refractivity contribution in [2.45, 2.75) is 4.90 Å². The fourth-order valence-corrected chi connectivity index (χ4v) is 3.89. The average molecular weight is 377 g/mol. The van der Waals surface area contributed by atoms with E-state index in [1.807, 2.05) is 0 Å². The number of hydrogen-bond acceptors (Lipinski definition) is 4. The lowest BCUT2D eigenvalue weighted by molar-refractivity contribution is -0.385. The molecule has 0 saturated heterocycles. The van der Waals surface area contributed by atoms with Crippen LogP contribution in [0.1, 0.15) is 5.56 Å². The van der Waals surface area contributed by atoms with Crippen LogP contribution >= 0.6 is 0 Å².